The van der Waals surface area contributed by atoms with Gasteiger partial charge in [0.05, 0.1) is 0 Å². The first kappa shape index (κ1) is 20.0. The number of nitrogens with zero attached hydrogens (tertiary/aromatic N) is 1. The van der Waals surface area contributed by atoms with Crippen LogP contribution >= 0.6 is 0 Å². The fourth-order valence-electron chi connectivity index (χ4n) is 5.14. The zero-order chi connectivity index (χ0) is 20.6. The highest BCUT2D eigenvalue weighted by molar-refractivity contribution is 6.05. The Morgan fingerprint density at radius 2 is 2.07 bits per heavy atom. The Balaban J connectivity index is 1.53. The summed E-state index contributed by atoms with van der Waals surface area (Å²) in [5, 5.41) is 6.08. The topological polar surface area (TPSA) is 105 Å². The molecule has 2 heterocycles. The summed E-state index contributed by atoms with van der Waals surface area (Å²) in [5.41, 5.74) is 8.83. The third-order valence-electron chi connectivity index (χ3n) is 7.13. The molecule has 1 aliphatic carbocycles. The number of hydrogen-bond acceptors (Lipinski definition) is 5. The third kappa shape index (κ3) is 3.57. The highest BCUT2D eigenvalue weighted by atomic mass is 16.2. The number of carbonyl (C=O) groups excluding carboxylic acids is 3. The van der Waals surface area contributed by atoms with Crippen LogP contribution < -0.4 is 16.4 Å². The van der Waals surface area contributed by atoms with Crippen molar-refractivity contribution in [3.8, 4) is 0 Å². The Kier molecular flexibility index (Phi) is 5.44. The van der Waals surface area contributed by atoms with E-state index in [1.54, 1.807) is 4.90 Å². The van der Waals surface area contributed by atoms with Crippen LogP contribution in [0, 0.1) is 5.92 Å². The van der Waals surface area contributed by atoms with E-state index in [1.165, 1.54) is 19.3 Å². The van der Waals surface area contributed by atoms with Gasteiger partial charge in [-0.15, -0.1) is 0 Å². The SMILES string of the molecule is CC1CCCCC1(CN)NCc1cccc2c1CN(C1CCC(=O)NC1=O)C2=O. The molecule has 0 aromatic heterocycles. The summed E-state index contributed by atoms with van der Waals surface area (Å²) in [6, 6.07) is 5.20. The van der Waals surface area contributed by atoms with Gasteiger partial charge in [0.25, 0.3) is 5.91 Å². The molecule has 1 aromatic carbocycles. The standard InChI is InChI=1S/C22H30N4O3/c1-14-5-2-3-10-22(14,13-23)24-11-15-6-4-7-16-17(15)12-26(21(16)29)18-8-9-19(27)25-20(18)28/h4,6-7,14,18,24H,2-3,5,8-13,23H2,1H3,(H,25,27,28). The van der Waals surface area contributed by atoms with Crippen LogP contribution in [0.3, 0.4) is 0 Å². The van der Waals surface area contributed by atoms with Crippen LogP contribution in [0.5, 0.6) is 0 Å². The molecule has 3 amide bonds. The Morgan fingerprint density at radius 1 is 1.24 bits per heavy atom. The molecule has 3 aliphatic rings. The highest BCUT2D eigenvalue weighted by Crippen LogP contribution is 2.34. The molecular formula is C22H30N4O3. The first-order chi connectivity index (χ1) is 13.9. The van der Waals surface area contributed by atoms with Crippen molar-refractivity contribution in [3.05, 3.63) is 34.9 Å². The summed E-state index contributed by atoms with van der Waals surface area (Å²) in [6.07, 6.45) is 5.33. The van der Waals surface area contributed by atoms with E-state index in [-0.39, 0.29) is 29.7 Å². The number of amides is 3. The van der Waals surface area contributed by atoms with E-state index >= 15 is 0 Å². The molecule has 0 radical (unpaired) electrons. The van der Waals surface area contributed by atoms with Crippen LogP contribution in [0.25, 0.3) is 0 Å². The van der Waals surface area contributed by atoms with Crippen molar-refractivity contribution in [1.82, 2.24) is 15.5 Å². The van der Waals surface area contributed by atoms with Gasteiger partial charge in [-0.3, -0.25) is 19.7 Å². The molecule has 1 saturated carbocycles. The van der Waals surface area contributed by atoms with Gasteiger partial charge in [0, 0.05) is 37.2 Å². The minimum absolute atomic E-state index is 0.0626. The minimum atomic E-state index is -0.581. The average Bonchev–Trinajstić information content (AvgIpc) is 3.05. The van der Waals surface area contributed by atoms with Crippen molar-refractivity contribution in [2.75, 3.05) is 6.54 Å². The van der Waals surface area contributed by atoms with Crippen molar-refractivity contribution in [2.45, 2.75) is 70.1 Å². The van der Waals surface area contributed by atoms with Gasteiger partial charge in [-0.05, 0) is 42.4 Å². The van der Waals surface area contributed by atoms with Crippen LogP contribution in [-0.4, -0.2) is 40.7 Å². The second kappa shape index (κ2) is 7.88. The van der Waals surface area contributed by atoms with Crippen molar-refractivity contribution in [3.63, 3.8) is 0 Å². The van der Waals surface area contributed by atoms with Gasteiger partial charge in [-0.25, -0.2) is 0 Å². The van der Waals surface area contributed by atoms with E-state index < -0.39 is 6.04 Å². The molecule has 156 valence electrons. The second-order valence-electron chi connectivity index (χ2n) is 8.70. The van der Waals surface area contributed by atoms with E-state index in [9.17, 15) is 14.4 Å². The number of nitrogens with two attached hydrogens (primary N) is 1. The second-order valence-corrected chi connectivity index (χ2v) is 8.70. The molecule has 1 saturated heterocycles. The van der Waals surface area contributed by atoms with Gasteiger partial charge in [-0.2, -0.15) is 0 Å². The molecule has 7 heteroatoms. The number of piperidine rings is 1. The molecule has 2 aliphatic heterocycles. The lowest BCUT2D eigenvalue weighted by molar-refractivity contribution is -0.136. The maximum Gasteiger partial charge on any atom is 0.255 e. The minimum Gasteiger partial charge on any atom is -0.329 e. The molecule has 29 heavy (non-hydrogen) atoms. The maximum absolute atomic E-state index is 13.0. The van der Waals surface area contributed by atoms with Gasteiger partial charge in [0.2, 0.25) is 11.8 Å². The van der Waals surface area contributed by atoms with E-state index in [1.807, 2.05) is 18.2 Å². The van der Waals surface area contributed by atoms with Crippen LogP contribution in [0.2, 0.25) is 0 Å². The number of benzene rings is 1. The van der Waals surface area contributed by atoms with Crippen molar-refractivity contribution >= 4 is 17.7 Å². The number of hydrogen-bond donors (Lipinski definition) is 3. The predicted molar refractivity (Wildman–Crippen MR) is 109 cm³/mol. The molecule has 2 fully saturated rings. The Bertz CT molecular complexity index is 839. The molecular weight excluding hydrogens is 368 g/mol. The van der Waals surface area contributed by atoms with Crippen LogP contribution in [-0.2, 0) is 22.7 Å². The number of imide groups is 1. The quantitative estimate of drug-likeness (QED) is 0.651. The van der Waals surface area contributed by atoms with E-state index in [2.05, 4.69) is 17.6 Å². The summed E-state index contributed by atoms with van der Waals surface area (Å²) < 4.78 is 0. The molecule has 1 aromatic rings. The van der Waals surface area contributed by atoms with Gasteiger partial charge < -0.3 is 16.0 Å². The monoisotopic (exact) mass is 398 g/mol. The highest BCUT2D eigenvalue weighted by Gasteiger charge is 2.40. The van der Waals surface area contributed by atoms with Crippen LogP contribution in [0.4, 0.5) is 0 Å². The first-order valence-corrected chi connectivity index (χ1v) is 10.7. The lowest BCUT2D eigenvalue weighted by Gasteiger charge is -2.43. The molecule has 3 unspecified atom stereocenters. The zero-order valence-electron chi connectivity index (χ0n) is 17.0. The zero-order valence-corrected chi connectivity index (χ0v) is 17.0. The van der Waals surface area contributed by atoms with Gasteiger partial charge in [0.1, 0.15) is 6.04 Å². The molecule has 0 spiro atoms. The predicted octanol–water partition coefficient (Wildman–Crippen LogP) is 1.44. The Hall–Kier alpha value is -2.25. The van der Waals surface area contributed by atoms with Crippen LogP contribution in [0.15, 0.2) is 18.2 Å². The fraction of sp³-hybridized carbons (Fsp3) is 0.591. The molecule has 4 rings (SSSR count). The summed E-state index contributed by atoms with van der Waals surface area (Å²) in [6.45, 7) is 3.93. The van der Waals surface area contributed by atoms with E-state index in [4.69, 9.17) is 5.73 Å². The van der Waals surface area contributed by atoms with Gasteiger partial charge in [-0.1, -0.05) is 31.9 Å². The maximum atomic E-state index is 13.0. The summed E-state index contributed by atoms with van der Waals surface area (Å²) in [7, 11) is 0. The smallest absolute Gasteiger partial charge is 0.255 e. The lowest BCUT2D eigenvalue weighted by atomic mass is 9.73. The summed E-state index contributed by atoms with van der Waals surface area (Å²) >= 11 is 0. The van der Waals surface area contributed by atoms with Gasteiger partial charge in [0.15, 0.2) is 0 Å². The molecule has 0 bridgehead atoms. The first-order valence-electron chi connectivity index (χ1n) is 10.7. The Labute approximate surface area is 171 Å². The molecule has 4 N–H and O–H groups in total. The number of nitrogens with one attached hydrogen (secondary N) is 2. The van der Waals surface area contributed by atoms with E-state index in [0.717, 1.165) is 17.5 Å². The lowest BCUT2D eigenvalue weighted by Crippen LogP contribution is -2.56. The number of rotatable bonds is 5. The Morgan fingerprint density at radius 3 is 2.79 bits per heavy atom. The third-order valence-corrected chi connectivity index (χ3v) is 7.13. The van der Waals surface area contributed by atoms with Crippen molar-refractivity contribution in [1.29, 1.82) is 0 Å². The molecule has 3 atom stereocenters. The summed E-state index contributed by atoms with van der Waals surface area (Å²) in [4.78, 5) is 38.3. The number of carbonyl (C=O) groups is 3. The largest absolute Gasteiger partial charge is 0.329 e. The van der Waals surface area contributed by atoms with Crippen LogP contribution in [0.1, 0.15) is 66.9 Å². The normalized spacial score (nSPS) is 29.7. The average molecular weight is 399 g/mol. The fourth-order valence-corrected chi connectivity index (χ4v) is 5.14. The molecule has 7 nitrogen and oxygen atoms in total. The van der Waals surface area contributed by atoms with Gasteiger partial charge >= 0.3 is 0 Å². The van der Waals surface area contributed by atoms with E-state index in [0.29, 0.717) is 37.5 Å². The summed E-state index contributed by atoms with van der Waals surface area (Å²) in [5.74, 6) is -0.260. The number of fused-ring (bicyclic) bond motifs is 1. The van der Waals surface area contributed by atoms with Crippen molar-refractivity contribution < 1.29 is 14.4 Å². The van der Waals surface area contributed by atoms with Crippen molar-refractivity contribution in [2.24, 2.45) is 11.7 Å².